The van der Waals surface area contributed by atoms with Gasteiger partial charge in [0, 0.05) is 52.5 Å². The molecule has 0 bridgehead atoms. The van der Waals surface area contributed by atoms with E-state index in [2.05, 4.69) is 92.7 Å². The van der Waals surface area contributed by atoms with E-state index in [-0.39, 0.29) is 16.5 Å². The fraction of sp³-hybridized carbons (Fsp3) is 0.704. The van der Waals surface area contributed by atoms with E-state index in [0.717, 1.165) is 69.2 Å². The van der Waals surface area contributed by atoms with Crippen molar-refractivity contribution in [3.63, 3.8) is 0 Å². The zero-order chi connectivity index (χ0) is 43.0. The number of allylic oxidation sites excluding steroid dienone is 2. The van der Waals surface area contributed by atoms with Crippen molar-refractivity contribution in [1.82, 2.24) is 0 Å². The largest absolute Gasteiger partial charge is 0.493 e. The number of aryl methyl sites for hydroxylation is 4. The van der Waals surface area contributed by atoms with Gasteiger partial charge < -0.3 is 15.7 Å². The van der Waals surface area contributed by atoms with Crippen LogP contribution in [0.3, 0.4) is 0 Å². The molecule has 3 rings (SSSR count). The number of unbranched alkanes of at least 4 members (excludes halogenated alkanes) is 11. The molecule has 2 aromatic rings. The summed E-state index contributed by atoms with van der Waals surface area (Å²) in [5.74, 6) is 0. The van der Waals surface area contributed by atoms with Crippen molar-refractivity contribution >= 4 is 11.4 Å². The molecule has 59 heavy (non-hydrogen) atoms. The monoisotopic (exact) mass is 859 g/mol. The summed E-state index contributed by atoms with van der Waals surface area (Å²) >= 11 is 0. The van der Waals surface area contributed by atoms with E-state index < -0.39 is 0 Å². The molecule has 0 spiro atoms. The Morgan fingerprint density at radius 1 is 0.407 bits per heavy atom. The van der Waals surface area contributed by atoms with Crippen molar-refractivity contribution in [3.8, 4) is 0 Å². The Balaban J connectivity index is 0.00000272. The minimum atomic E-state index is 0. The summed E-state index contributed by atoms with van der Waals surface area (Å²) in [4.78, 5) is 0. The fourth-order valence-electron chi connectivity index (χ4n) is 7.90. The first kappa shape index (κ1) is 56.9. The number of hydrogen-bond donors (Lipinski definition) is 2. The maximum absolute atomic E-state index is 12.3. The number of aliphatic hydroxyl groups is 2. The van der Waals surface area contributed by atoms with E-state index in [9.17, 15) is 5.53 Å². The van der Waals surface area contributed by atoms with Gasteiger partial charge in [-0.25, -0.2) is 4.70 Å². The Labute approximate surface area is 376 Å². The van der Waals surface area contributed by atoms with Gasteiger partial charge >= 0.3 is 0 Å². The molecule has 1 heterocycles. The first-order valence-electron chi connectivity index (χ1n) is 24.8. The summed E-state index contributed by atoms with van der Waals surface area (Å²) in [7, 11) is 0. The molecule has 0 saturated heterocycles. The smallest absolute Gasteiger partial charge is 0.210 e. The van der Waals surface area contributed by atoms with Crippen LogP contribution in [-0.4, -0.2) is 28.1 Å². The quantitative estimate of drug-likeness (QED) is 0.0486. The SMILES string of the molecule is CCCCCCC1=C(c2cc(CCCC)c(CCCC)c(CCCC)c2)[N+](=[N-])C(c2cc(CCCC)c(CCCC)c(CCCC)c2)=C1.CCCCO.CCCCO.[Ni]. The first-order valence-corrected chi connectivity index (χ1v) is 24.8. The minimum absolute atomic E-state index is 0. The van der Waals surface area contributed by atoms with Gasteiger partial charge in [-0.15, -0.1) is 0 Å². The average molecular weight is 860 g/mol. The third-order valence-corrected chi connectivity index (χ3v) is 11.6. The van der Waals surface area contributed by atoms with E-state index >= 15 is 0 Å². The zero-order valence-electron chi connectivity index (χ0n) is 40.0. The maximum atomic E-state index is 12.3. The predicted octanol–water partition coefficient (Wildman–Crippen LogP) is 16.1. The summed E-state index contributed by atoms with van der Waals surface area (Å²) in [6.45, 7) is 20.9. The number of aliphatic hydroxyl groups excluding tert-OH is 2. The van der Waals surface area contributed by atoms with Crippen LogP contribution in [0.2, 0.25) is 0 Å². The van der Waals surface area contributed by atoms with Crippen LogP contribution in [0.15, 0.2) is 35.9 Å². The minimum Gasteiger partial charge on any atom is -0.493 e. The van der Waals surface area contributed by atoms with Crippen molar-refractivity contribution in [1.29, 1.82) is 0 Å². The molecule has 0 amide bonds. The van der Waals surface area contributed by atoms with Gasteiger partial charge in [0.2, 0.25) is 11.4 Å². The first-order chi connectivity index (χ1) is 28.3. The van der Waals surface area contributed by atoms with E-state index in [0.29, 0.717) is 13.2 Å². The third kappa shape index (κ3) is 21.0. The van der Waals surface area contributed by atoms with Gasteiger partial charge in [0.15, 0.2) is 0 Å². The van der Waals surface area contributed by atoms with E-state index in [4.69, 9.17) is 10.2 Å². The van der Waals surface area contributed by atoms with Crippen molar-refractivity contribution in [3.05, 3.63) is 86.0 Å². The van der Waals surface area contributed by atoms with Crippen molar-refractivity contribution in [2.24, 2.45) is 0 Å². The molecule has 2 aromatic carbocycles. The van der Waals surface area contributed by atoms with Crippen LogP contribution < -0.4 is 0 Å². The van der Waals surface area contributed by atoms with Gasteiger partial charge in [0.05, 0.1) is 0 Å². The molecular formula is C54H92N2NiO2. The Kier molecular flexibility index (Phi) is 35.3. The third-order valence-electron chi connectivity index (χ3n) is 11.6. The van der Waals surface area contributed by atoms with Crippen molar-refractivity contribution < 1.29 is 31.4 Å². The molecule has 0 radical (unpaired) electrons. The molecule has 0 saturated carbocycles. The van der Waals surface area contributed by atoms with Gasteiger partial charge in [-0.3, -0.25) is 0 Å². The molecule has 0 atom stereocenters. The van der Waals surface area contributed by atoms with Gasteiger partial charge in [-0.05, 0) is 160 Å². The topological polar surface area (TPSA) is 65.8 Å². The molecule has 4 nitrogen and oxygen atoms in total. The number of nitrogens with zero attached hydrogens (tertiary/aromatic N) is 2. The fourth-order valence-corrected chi connectivity index (χ4v) is 7.90. The maximum Gasteiger partial charge on any atom is 0.210 e. The Bertz CT molecular complexity index is 1390. The molecule has 0 aromatic heterocycles. The summed E-state index contributed by atoms with van der Waals surface area (Å²) in [6.07, 6.45) is 33.9. The predicted molar refractivity (Wildman–Crippen MR) is 256 cm³/mol. The van der Waals surface area contributed by atoms with E-state index in [1.165, 1.54) is 155 Å². The van der Waals surface area contributed by atoms with Crippen LogP contribution in [0.25, 0.3) is 16.9 Å². The van der Waals surface area contributed by atoms with Crippen LogP contribution in [0.1, 0.15) is 242 Å². The Morgan fingerprint density at radius 2 is 0.746 bits per heavy atom. The molecule has 340 valence electrons. The van der Waals surface area contributed by atoms with Crippen LogP contribution in [0, 0.1) is 0 Å². The van der Waals surface area contributed by atoms with E-state index in [1.807, 2.05) is 0 Å². The molecule has 5 heteroatoms. The Hall–Kier alpha value is -2.07. The van der Waals surface area contributed by atoms with Gasteiger partial charge in [-0.2, -0.15) is 0 Å². The van der Waals surface area contributed by atoms with Crippen molar-refractivity contribution in [2.45, 2.75) is 236 Å². The van der Waals surface area contributed by atoms with Crippen LogP contribution in [0.4, 0.5) is 0 Å². The second kappa shape index (κ2) is 36.6. The van der Waals surface area contributed by atoms with Crippen LogP contribution >= 0.6 is 0 Å². The van der Waals surface area contributed by atoms with E-state index in [1.54, 1.807) is 15.8 Å². The second-order valence-electron chi connectivity index (χ2n) is 16.8. The molecular weight excluding hydrogens is 767 g/mol. The number of rotatable bonds is 29. The molecule has 0 unspecified atom stereocenters. The normalized spacial score (nSPS) is 12.2. The second-order valence-corrected chi connectivity index (χ2v) is 16.8. The average Bonchev–Trinajstić information content (AvgIpc) is 3.56. The molecule has 2 N–H and O–H groups in total. The molecule has 1 aliphatic rings. The summed E-state index contributed by atoms with van der Waals surface area (Å²) in [5.41, 5.74) is 27.4. The van der Waals surface area contributed by atoms with Gasteiger partial charge in [-0.1, -0.05) is 133 Å². The summed E-state index contributed by atoms with van der Waals surface area (Å²) in [5, 5.41) is 16.1. The molecule has 1 aliphatic heterocycles. The number of hydrogen-bond acceptors (Lipinski definition) is 2. The van der Waals surface area contributed by atoms with Gasteiger partial charge in [0.1, 0.15) is 0 Å². The van der Waals surface area contributed by atoms with Crippen molar-refractivity contribution in [2.75, 3.05) is 13.2 Å². The van der Waals surface area contributed by atoms with Gasteiger partial charge in [0.25, 0.3) is 0 Å². The standard InChI is InChI=1S/C46H72N2.2C4H10O.Ni/c1-8-15-22-23-28-40-35-45(41-31-36(24-16-9-2)43(29-20-13-6)37(32-41)25-17-10-3)48(47)46(40)42-33-38(26-18-11-4)44(30-21-14-7)39(34-42)27-19-12-5;2*1-2-3-4-5;/h31-35H,8-30H2,1-7H3;2*5H,2-4H2,1H3;. The zero-order valence-corrected chi connectivity index (χ0v) is 41.0. The van der Waals surface area contributed by atoms with Crippen LogP contribution in [0.5, 0.6) is 0 Å². The molecule has 0 aliphatic carbocycles. The van der Waals surface area contributed by atoms with Crippen LogP contribution in [-0.2, 0) is 55.0 Å². The summed E-state index contributed by atoms with van der Waals surface area (Å²) < 4.78 is 1.61. The summed E-state index contributed by atoms with van der Waals surface area (Å²) in [6, 6.07) is 9.86. The molecule has 0 fully saturated rings. The number of benzene rings is 2. The Morgan fingerprint density at radius 3 is 1.07 bits per heavy atom.